The summed E-state index contributed by atoms with van der Waals surface area (Å²) >= 11 is 0. The fourth-order valence-corrected chi connectivity index (χ4v) is 5.41. The minimum absolute atomic E-state index is 0.0258. The fraction of sp³-hybridized carbons (Fsp3) is 0.107. The van der Waals surface area contributed by atoms with E-state index in [1.54, 1.807) is 21.4 Å². The summed E-state index contributed by atoms with van der Waals surface area (Å²) in [6.07, 6.45) is 1.34. The van der Waals surface area contributed by atoms with Crippen LogP contribution in [0, 0.1) is 13.8 Å². The molecule has 3 aromatic heterocycles. The van der Waals surface area contributed by atoms with Gasteiger partial charge in [0.1, 0.15) is 30.2 Å². The number of sulfonamides is 1. The molecule has 4 N–H and O–H groups in total. The molecule has 0 radical (unpaired) electrons. The van der Waals surface area contributed by atoms with Crippen molar-refractivity contribution in [3.63, 3.8) is 0 Å². The molecule has 0 amide bonds. The molecule has 0 spiro atoms. The smallest absolute Gasteiger partial charge is 0.266 e. The molecular formula is C28H24N8O3S. The number of nitrogens with two attached hydrogens (primary N) is 2. The summed E-state index contributed by atoms with van der Waals surface area (Å²) in [6.45, 7) is 3.92. The molecule has 200 valence electrons. The molecule has 6 rings (SSSR count). The van der Waals surface area contributed by atoms with E-state index in [0.717, 1.165) is 11.1 Å². The van der Waals surface area contributed by atoms with E-state index in [-0.39, 0.29) is 22.8 Å². The van der Waals surface area contributed by atoms with E-state index in [0.29, 0.717) is 44.7 Å². The Balaban J connectivity index is 1.59. The van der Waals surface area contributed by atoms with Crippen LogP contribution in [0.2, 0.25) is 0 Å². The number of hydrogen-bond acceptors (Lipinski definition) is 8. The number of primary sulfonamides is 1. The minimum atomic E-state index is -3.86. The molecule has 0 aliphatic heterocycles. The first kappa shape index (κ1) is 25.3. The molecule has 0 atom stereocenters. The van der Waals surface area contributed by atoms with Crippen molar-refractivity contribution in [2.24, 2.45) is 5.14 Å². The van der Waals surface area contributed by atoms with Gasteiger partial charge in [0.15, 0.2) is 5.65 Å². The number of rotatable bonds is 5. The van der Waals surface area contributed by atoms with Crippen molar-refractivity contribution in [3.8, 4) is 16.9 Å². The molecule has 40 heavy (non-hydrogen) atoms. The highest BCUT2D eigenvalue weighted by Crippen LogP contribution is 2.31. The van der Waals surface area contributed by atoms with Gasteiger partial charge in [-0.25, -0.2) is 33.2 Å². The number of fused-ring (bicyclic) bond motifs is 2. The summed E-state index contributed by atoms with van der Waals surface area (Å²) in [5.74, 6) is 0.662. The molecule has 0 fully saturated rings. The number of nitrogen functional groups attached to an aromatic ring is 1. The zero-order chi connectivity index (χ0) is 28.2. The first-order valence-electron chi connectivity index (χ1n) is 12.3. The lowest BCUT2D eigenvalue weighted by Crippen LogP contribution is -2.26. The molecule has 3 aromatic carbocycles. The summed E-state index contributed by atoms with van der Waals surface area (Å²) < 4.78 is 26.7. The van der Waals surface area contributed by atoms with Crippen LogP contribution in [0.15, 0.2) is 82.7 Å². The first-order chi connectivity index (χ1) is 19.1. The highest BCUT2D eigenvalue weighted by Gasteiger charge is 2.21. The number of anilines is 1. The second-order valence-electron chi connectivity index (χ2n) is 9.46. The van der Waals surface area contributed by atoms with Crippen molar-refractivity contribution >= 4 is 37.8 Å². The van der Waals surface area contributed by atoms with Gasteiger partial charge in [-0.3, -0.25) is 9.36 Å². The predicted octanol–water partition coefficient (Wildman–Crippen LogP) is 3.09. The molecule has 0 saturated heterocycles. The van der Waals surface area contributed by atoms with Gasteiger partial charge in [-0.05, 0) is 49.2 Å². The topological polar surface area (TPSA) is 165 Å². The van der Waals surface area contributed by atoms with Crippen molar-refractivity contribution in [2.75, 3.05) is 5.73 Å². The molecule has 0 bridgehead atoms. The Morgan fingerprint density at radius 1 is 0.875 bits per heavy atom. The number of aromatic nitrogens is 6. The van der Waals surface area contributed by atoms with Crippen molar-refractivity contribution in [1.29, 1.82) is 0 Å². The zero-order valence-corrected chi connectivity index (χ0v) is 22.4. The Kier molecular flexibility index (Phi) is 5.93. The van der Waals surface area contributed by atoms with Crippen LogP contribution < -0.4 is 16.4 Å². The Hall–Kier alpha value is -4.94. The van der Waals surface area contributed by atoms with Crippen LogP contribution in [0.4, 0.5) is 5.82 Å². The van der Waals surface area contributed by atoms with Crippen LogP contribution in [0.3, 0.4) is 0 Å². The summed E-state index contributed by atoms with van der Waals surface area (Å²) in [5.41, 5.74) is 10.6. The number of aryl methyl sites for hydroxylation is 2. The number of benzene rings is 3. The van der Waals surface area contributed by atoms with Gasteiger partial charge < -0.3 is 5.73 Å². The van der Waals surface area contributed by atoms with Gasteiger partial charge in [0.25, 0.3) is 5.56 Å². The third-order valence-corrected chi connectivity index (χ3v) is 7.77. The molecule has 6 aromatic rings. The summed E-state index contributed by atoms with van der Waals surface area (Å²) in [4.78, 5) is 27.4. The Labute approximate surface area is 228 Å². The van der Waals surface area contributed by atoms with Gasteiger partial charge in [-0.15, -0.1) is 0 Å². The van der Waals surface area contributed by atoms with Gasteiger partial charge in [0, 0.05) is 5.56 Å². The van der Waals surface area contributed by atoms with Crippen LogP contribution in [0.1, 0.15) is 17.0 Å². The van der Waals surface area contributed by atoms with E-state index in [1.807, 2.05) is 56.3 Å². The minimum Gasteiger partial charge on any atom is -0.383 e. The summed E-state index contributed by atoms with van der Waals surface area (Å²) in [7, 11) is -3.86. The fourth-order valence-electron chi connectivity index (χ4n) is 4.89. The second kappa shape index (κ2) is 9.36. The van der Waals surface area contributed by atoms with Crippen molar-refractivity contribution in [2.45, 2.75) is 25.3 Å². The molecule has 0 aliphatic rings. The highest BCUT2D eigenvalue weighted by atomic mass is 32.2. The lowest BCUT2D eigenvalue weighted by atomic mass is 10.1. The SMILES string of the molecule is Cc1ccccc1-n1c(Cn2nc(-c3ccc(S(N)(=O)=O)cc3)c3c(N)ncnc32)nc2cccc(C)c2c1=O. The maximum absolute atomic E-state index is 14.0. The number of nitrogens with zero attached hydrogens (tertiary/aromatic N) is 6. The number of hydrogen-bond donors (Lipinski definition) is 2. The maximum atomic E-state index is 14.0. The molecule has 11 nitrogen and oxygen atoms in total. The lowest BCUT2D eigenvalue weighted by molar-refractivity contribution is 0.598. The molecule has 0 aliphatic carbocycles. The standard InChI is InChI=1S/C28H24N8O3S/c1-16-6-3-4-9-21(16)36-22(33-20-8-5-7-17(2)23(20)28(36)37)14-35-27-24(26(29)31-15-32-27)25(34-35)18-10-12-19(13-11-18)40(30,38)39/h3-13,15H,14H2,1-2H3,(H2,29,31,32)(H2,30,38,39). The molecule has 12 heteroatoms. The highest BCUT2D eigenvalue weighted by molar-refractivity contribution is 7.89. The monoisotopic (exact) mass is 552 g/mol. The Morgan fingerprint density at radius 2 is 1.60 bits per heavy atom. The van der Waals surface area contributed by atoms with Crippen LogP contribution in [0.5, 0.6) is 0 Å². The normalized spacial score (nSPS) is 11.9. The van der Waals surface area contributed by atoms with Crippen molar-refractivity contribution in [1.82, 2.24) is 29.3 Å². The van der Waals surface area contributed by atoms with Crippen molar-refractivity contribution in [3.05, 3.63) is 100 Å². The summed E-state index contributed by atoms with van der Waals surface area (Å²) in [5, 5.41) is 11.1. The third kappa shape index (κ3) is 4.19. The quantitative estimate of drug-likeness (QED) is 0.329. The van der Waals surface area contributed by atoms with Gasteiger partial charge in [0.2, 0.25) is 10.0 Å². The van der Waals surface area contributed by atoms with E-state index in [1.165, 1.54) is 18.5 Å². The van der Waals surface area contributed by atoms with Crippen LogP contribution >= 0.6 is 0 Å². The Bertz CT molecular complexity index is 2120. The second-order valence-corrected chi connectivity index (χ2v) is 11.0. The van der Waals surface area contributed by atoms with E-state index in [2.05, 4.69) is 9.97 Å². The maximum Gasteiger partial charge on any atom is 0.266 e. The average Bonchev–Trinajstić information content (AvgIpc) is 3.29. The van der Waals surface area contributed by atoms with Crippen LogP contribution in [-0.2, 0) is 16.6 Å². The van der Waals surface area contributed by atoms with Gasteiger partial charge in [-0.1, -0.05) is 42.5 Å². The molecular weight excluding hydrogens is 528 g/mol. The first-order valence-corrected chi connectivity index (χ1v) is 13.9. The third-order valence-electron chi connectivity index (χ3n) is 6.84. The van der Waals surface area contributed by atoms with E-state index in [9.17, 15) is 13.2 Å². The predicted molar refractivity (Wildman–Crippen MR) is 152 cm³/mol. The molecule has 0 unspecified atom stereocenters. The van der Waals surface area contributed by atoms with E-state index in [4.69, 9.17) is 21.0 Å². The van der Waals surface area contributed by atoms with E-state index < -0.39 is 10.0 Å². The number of para-hydroxylation sites is 1. The van der Waals surface area contributed by atoms with Gasteiger partial charge >= 0.3 is 0 Å². The lowest BCUT2D eigenvalue weighted by Gasteiger charge is -2.16. The van der Waals surface area contributed by atoms with Gasteiger partial charge in [0.05, 0.1) is 26.9 Å². The van der Waals surface area contributed by atoms with Crippen LogP contribution in [0.25, 0.3) is 38.9 Å². The van der Waals surface area contributed by atoms with Crippen LogP contribution in [-0.4, -0.2) is 37.7 Å². The molecule has 3 heterocycles. The average molecular weight is 553 g/mol. The van der Waals surface area contributed by atoms with Crippen molar-refractivity contribution < 1.29 is 8.42 Å². The molecule has 0 saturated carbocycles. The zero-order valence-electron chi connectivity index (χ0n) is 21.6. The van der Waals surface area contributed by atoms with Gasteiger partial charge in [-0.2, -0.15) is 5.10 Å². The largest absolute Gasteiger partial charge is 0.383 e. The van der Waals surface area contributed by atoms with E-state index >= 15 is 0 Å². The Morgan fingerprint density at radius 3 is 2.33 bits per heavy atom. The summed E-state index contributed by atoms with van der Waals surface area (Å²) in [6, 6.07) is 19.2.